The Morgan fingerprint density at radius 1 is 1.00 bits per heavy atom. The number of carbonyl (C=O) groups excluding carboxylic acids is 1. The van der Waals surface area contributed by atoms with Gasteiger partial charge in [0.05, 0.1) is 25.8 Å². The van der Waals surface area contributed by atoms with Gasteiger partial charge in [0.25, 0.3) is 0 Å². The topological polar surface area (TPSA) is 33.5 Å². The number of halogens is 3. The largest absolute Gasteiger partial charge is 0.467 e. The number of carbonyl (C=O) groups is 1. The summed E-state index contributed by atoms with van der Waals surface area (Å²) < 4.78 is 19.5. The van der Waals surface area contributed by atoms with E-state index in [4.69, 9.17) is 27.6 Å². The van der Waals surface area contributed by atoms with E-state index in [1.54, 1.807) is 42.5 Å². The summed E-state index contributed by atoms with van der Waals surface area (Å²) in [4.78, 5) is 14.4. The third-order valence-corrected chi connectivity index (χ3v) is 4.56. The Balaban J connectivity index is 1.82. The van der Waals surface area contributed by atoms with E-state index in [-0.39, 0.29) is 36.0 Å². The maximum absolute atomic E-state index is 14.2. The maximum Gasteiger partial charge on any atom is 0.227 e. The molecule has 3 nitrogen and oxygen atoms in total. The smallest absolute Gasteiger partial charge is 0.227 e. The fourth-order valence-electron chi connectivity index (χ4n) is 2.59. The van der Waals surface area contributed by atoms with Crippen molar-refractivity contribution in [1.82, 2.24) is 4.90 Å². The van der Waals surface area contributed by atoms with Crippen LogP contribution < -0.4 is 0 Å². The van der Waals surface area contributed by atoms with E-state index >= 15 is 0 Å². The fourth-order valence-corrected chi connectivity index (χ4v) is 2.93. The van der Waals surface area contributed by atoms with Crippen LogP contribution >= 0.6 is 23.2 Å². The molecular formula is C20H16Cl2FNO2. The highest BCUT2D eigenvalue weighted by atomic mass is 35.5. The Morgan fingerprint density at radius 2 is 1.77 bits per heavy atom. The van der Waals surface area contributed by atoms with E-state index in [0.29, 0.717) is 10.8 Å². The van der Waals surface area contributed by atoms with Crippen LogP contribution in [0.3, 0.4) is 0 Å². The first-order valence-corrected chi connectivity index (χ1v) is 8.76. The van der Waals surface area contributed by atoms with Crippen LogP contribution in [-0.2, 0) is 24.3 Å². The highest BCUT2D eigenvalue weighted by Crippen LogP contribution is 2.22. The summed E-state index contributed by atoms with van der Waals surface area (Å²) in [6.07, 6.45) is 1.71. The van der Waals surface area contributed by atoms with Gasteiger partial charge in [0.1, 0.15) is 11.6 Å². The molecule has 2 aromatic carbocycles. The Morgan fingerprint density at radius 3 is 2.42 bits per heavy atom. The van der Waals surface area contributed by atoms with Gasteiger partial charge in [-0.15, -0.1) is 0 Å². The van der Waals surface area contributed by atoms with Gasteiger partial charge in [-0.2, -0.15) is 0 Å². The predicted molar refractivity (Wildman–Crippen MR) is 99.5 cm³/mol. The number of hydrogen-bond donors (Lipinski definition) is 0. The van der Waals surface area contributed by atoms with Crippen molar-refractivity contribution in [3.05, 3.63) is 93.6 Å². The highest BCUT2D eigenvalue weighted by molar-refractivity contribution is 6.31. The van der Waals surface area contributed by atoms with Crippen LogP contribution in [0.25, 0.3) is 0 Å². The second-order valence-electron chi connectivity index (χ2n) is 5.83. The second kappa shape index (κ2) is 8.39. The van der Waals surface area contributed by atoms with Crippen molar-refractivity contribution in [2.75, 3.05) is 0 Å². The average Bonchev–Trinajstić information content (AvgIpc) is 3.12. The average molecular weight is 392 g/mol. The minimum Gasteiger partial charge on any atom is -0.467 e. The van der Waals surface area contributed by atoms with Crippen molar-refractivity contribution in [1.29, 1.82) is 0 Å². The molecule has 0 spiro atoms. The fraction of sp³-hybridized carbons (Fsp3) is 0.150. The molecule has 0 N–H and O–H groups in total. The molecule has 0 saturated heterocycles. The molecule has 0 radical (unpaired) electrons. The van der Waals surface area contributed by atoms with Crippen molar-refractivity contribution in [2.45, 2.75) is 19.5 Å². The maximum atomic E-state index is 14.2. The molecule has 1 amide bonds. The van der Waals surface area contributed by atoms with Crippen molar-refractivity contribution < 1.29 is 13.6 Å². The van der Waals surface area contributed by atoms with Gasteiger partial charge in [0.2, 0.25) is 5.91 Å². The van der Waals surface area contributed by atoms with E-state index in [1.807, 2.05) is 0 Å². The van der Waals surface area contributed by atoms with Crippen LogP contribution in [-0.4, -0.2) is 10.8 Å². The number of benzene rings is 2. The van der Waals surface area contributed by atoms with Crippen LogP contribution in [0, 0.1) is 5.82 Å². The first kappa shape index (κ1) is 18.5. The van der Waals surface area contributed by atoms with Gasteiger partial charge < -0.3 is 9.32 Å². The zero-order valence-corrected chi connectivity index (χ0v) is 15.3. The summed E-state index contributed by atoms with van der Waals surface area (Å²) >= 11 is 12.0. The normalized spacial score (nSPS) is 10.7. The van der Waals surface area contributed by atoms with Crippen molar-refractivity contribution in [2.24, 2.45) is 0 Å². The molecule has 3 aromatic rings. The molecule has 0 fully saturated rings. The zero-order valence-electron chi connectivity index (χ0n) is 13.8. The van der Waals surface area contributed by atoms with E-state index in [9.17, 15) is 9.18 Å². The molecule has 6 heteroatoms. The molecule has 134 valence electrons. The molecule has 0 aliphatic rings. The molecule has 0 bridgehead atoms. The quantitative estimate of drug-likeness (QED) is 0.555. The third kappa shape index (κ3) is 4.65. The van der Waals surface area contributed by atoms with Gasteiger partial charge in [-0.1, -0.05) is 41.4 Å². The number of nitrogens with zero attached hydrogens (tertiary/aromatic N) is 1. The minimum atomic E-state index is -0.443. The van der Waals surface area contributed by atoms with Gasteiger partial charge in [-0.05, 0) is 42.0 Å². The Bertz CT molecular complexity index is 859. The third-order valence-electron chi connectivity index (χ3n) is 3.96. The number of amides is 1. The molecule has 3 rings (SSSR count). The van der Waals surface area contributed by atoms with Crippen LogP contribution in [0.4, 0.5) is 4.39 Å². The predicted octanol–water partition coefficient (Wildman–Crippen LogP) is 5.50. The lowest BCUT2D eigenvalue weighted by atomic mass is 10.1. The molecule has 0 atom stereocenters. The number of furan rings is 1. The molecular weight excluding hydrogens is 376 g/mol. The number of hydrogen-bond acceptors (Lipinski definition) is 2. The first-order chi connectivity index (χ1) is 12.5. The lowest BCUT2D eigenvalue weighted by Gasteiger charge is -2.23. The lowest BCUT2D eigenvalue weighted by Crippen LogP contribution is -2.31. The van der Waals surface area contributed by atoms with Gasteiger partial charge in [0.15, 0.2) is 0 Å². The van der Waals surface area contributed by atoms with Gasteiger partial charge in [0, 0.05) is 15.6 Å². The standard InChI is InChI=1S/C20H16Cl2FNO2/c21-15-8-6-14(7-9-15)11-20(25)24(12-16-3-2-10-26-16)13-17-18(22)4-1-5-19(17)23/h1-10H,11-13H2. The Kier molecular flexibility index (Phi) is 5.96. The van der Waals surface area contributed by atoms with E-state index in [2.05, 4.69) is 0 Å². The Hall–Kier alpha value is -2.30. The Labute approximate surface area is 160 Å². The molecule has 1 aromatic heterocycles. The van der Waals surface area contributed by atoms with Gasteiger partial charge in [-0.25, -0.2) is 4.39 Å². The zero-order chi connectivity index (χ0) is 18.5. The minimum absolute atomic E-state index is 0.0542. The van der Waals surface area contributed by atoms with Crippen LogP contribution in [0.5, 0.6) is 0 Å². The van der Waals surface area contributed by atoms with Gasteiger partial charge >= 0.3 is 0 Å². The summed E-state index contributed by atoms with van der Waals surface area (Å²) in [5.74, 6) is 0.00574. The summed E-state index contributed by atoms with van der Waals surface area (Å²) in [7, 11) is 0. The summed E-state index contributed by atoms with van der Waals surface area (Å²) in [6, 6.07) is 15.0. The SMILES string of the molecule is O=C(Cc1ccc(Cl)cc1)N(Cc1ccco1)Cc1c(F)cccc1Cl. The van der Waals surface area contributed by atoms with E-state index in [1.165, 1.54) is 23.3 Å². The molecule has 1 heterocycles. The first-order valence-electron chi connectivity index (χ1n) is 8.00. The van der Waals surface area contributed by atoms with Crippen LogP contribution in [0.2, 0.25) is 10.0 Å². The highest BCUT2D eigenvalue weighted by Gasteiger charge is 2.19. The molecule has 0 aliphatic carbocycles. The molecule has 0 saturated carbocycles. The molecule has 0 unspecified atom stereocenters. The van der Waals surface area contributed by atoms with Crippen molar-refractivity contribution in [3.63, 3.8) is 0 Å². The summed E-state index contributed by atoms with van der Waals surface area (Å²) in [5, 5.41) is 0.889. The summed E-state index contributed by atoms with van der Waals surface area (Å²) in [5.41, 5.74) is 1.11. The van der Waals surface area contributed by atoms with Crippen LogP contribution in [0.15, 0.2) is 65.3 Å². The van der Waals surface area contributed by atoms with Gasteiger partial charge in [-0.3, -0.25) is 4.79 Å². The second-order valence-corrected chi connectivity index (χ2v) is 6.68. The van der Waals surface area contributed by atoms with E-state index in [0.717, 1.165) is 5.56 Å². The van der Waals surface area contributed by atoms with E-state index < -0.39 is 5.82 Å². The molecule has 26 heavy (non-hydrogen) atoms. The number of rotatable bonds is 6. The lowest BCUT2D eigenvalue weighted by molar-refractivity contribution is -0.132. The monoisotopic (exact) mass is 391 g/mol. The van der Waals surface area contributed by atoms with Crippen LogP contribution in [0.1, 0.15) is 16.9 Å². The summed E-state index contributed by atoms with van der Waals surface area (Å²) in [6.45, 7) is 0.280. The van der Waals surface area contributed by atoms with Crippen molar-refractivity contribution >= 4 is 29.1 Å². The molecule has 0 aliphatic heterocycles. The van der Waals surface area contributed by atoms with Crippen molar-refractivity contribution in [3.8, 4) is 0 Å².